The molecule has 0 fully saturated rings. The van der Waals surface area contributed by atoms with Crippen LogP contribution in [0.1, 0.15) is 11.4 Å². The summed E-state index contributed by atoms with van der Waals surface area (Å²) in [6.07, 6.45) is -4.40. The molecule has 0 aliphatic rings. The summed E-state index contributed by atoms with van der Waals surface area (Å²) < 4.78 is 42.8. The standard InChI is InChI=1S/C16H14F3N2.HI/c1-20-13-9-5-6-10-14(13)21(15(20)16(17,18)19)11-12-7-3-2-4-8-12;/h2-10H,11H2,1H3;1H/q+1;/p-1. The van der Waals surface area contributed by atoms with Crippen molar-refractivity contribution in [1.29, 1.82) is 0 Å². The van der Waals surface area contributed by atoms with Gasteiger partial charge in [-0.15, -0.1) is 0 Å². The minimum absolute atomic E-state index is 0. The lowest BCUT2D eigenvalue weighted by Gasteiger charge is -2.06. The first-order valence-electron chi connectivity index (χ1n) is 6.57. The molecule has 0 amide bonds. The van der Waals surface area contributed by atoms with E-state index in [1.165, 1.54) is 16.2 Å². The van der Waals surface area contributed by atoms with Crippen molar-refractivity contribution in [3.8, 4) is 0 Å². The molecule has 3 aromatic rings. The molecule has 0 aliphatic carbocycles. The number of benzene rings is 2. The first-order valence-corrected chi connectivity index (χ1v) is 6.57. The molecule has 1 aromatic heterocycles. The van der Waals surface area contributed by atoms with E-state index in [1.54, 1.807) is 24.3 Å². The monoisotopic (exact) mass is 418 g/mol. The van der Waals surface area contributed by atoms with Crippen molar-refractivity contribution >= 4 is 11.0 Å². The Kier molecular flexibility index (Phi) is 4.79. The average Bonchev–Trinajstić information content (AvgIpc) is 2.73. The van der Waals surface area contributed by atoms with E-state index in [9.17, 15) is 13.2 Å². The molecular formula is C16H14F3IN2. The zero-order valence-corrected chi connectivity index (χ0v) is 14.0. The number of hydrogen-bond acceptors (Lipinski definition) is 0. The Morgan fingerprint density at radius 1 is 0.955 bits per heavy atom. The summed E-state index contributed by atoms with van der Waals surface area (Å²) in [7, 11) is 1.45. The van der Waals surface area contributed by atoms with E-state index in [-0.39, 0.29) is 30.5 Å². The highest BCUT2D eigenvalue weighted by Gasteiger charge is 2.46. The van der Waals surface area contributed by atoms with Crippen molar-refractivity contribution < 1.29 is 41.7 Å². The van der Waals surface area contributed by atoms with Crippen LogP contribution in [0, 0.1) is 0 Å². The van der Waals surface area contributed by atoms with Crippen LogP contribution in [0.25, 0.3) is 11.0 Å². The Balaban J connectivity index is 0.00000176. The quantitative estimate of drug-likeness (QED) is 0.425. The second kappa shape index (κ2) is 6.28. The highest BCUT2D eigenvalue weighted by Crippen LogP contribution is 2.30. The number of alkyl halides is 3. The van der Waals surface area contributed by atoms with Crippen molar-refractivity contribution in [3.63, 3.8) is 0 Å². The molecule has 1 heterocycles. The number of nitrogens with zero attached hydrogens (tertiary/aromatic N) is 2. The Hall–Kier alpha value is -1.57. The number of imidazole rings is 1. The molecule has 0 aliphatic heterocycles. The summed E-state index contributed by atoms with van der Waals surface area (Å²) in [5.74, 6) is -0.646. The molecule has 2 nitrogen and oxygen atoms in total. The van der Waals surface area contributed by atoms with E-state index >= 15 is 0 Å². The fraction of sp³-hybridized carbons (Fsp3) is 0.188. The van der Waals surface area contributed by atoms with E-state index in [0.29, 0.717) is 11.0 Å². The first kappa shape index (κ1) is 16.8. The molecule has 2 aromatic carbocycles. The number of hydrogen-bond donors (Lipinski definition) is 0. The van der Waals surface area contributed by atoms with Gasteiger partial charge in [-0.3, -0.25) is 0 Å². The summed E-state index contributed by atoms with van der Waals surface area (Å²) in [5.41, 5.74) is 1.99. The van der Waals surface area contributed by atoms with Crippen LogP contribution in [0.4, 0.5) is 13.2 Å². The van der Waals surface area contributed by atoms with Gasteiger partial charge in [-0.25, -0.2) is 9.13 Å². The van der Waals surface area contributed by atoms with Gasteiger partial charge in [0.25, 0.3) is 0 Å². The van der Waals surface area contributed by atoms with E-state index in [2.05, 4.69) is 0 Å². The second-order valence-electron chi connectivity index (χ2n) is 4.94. The molecule has 6 heteroatoms. The third-order valence-electron chi connectivity index (χ3n) is 3.54. The lowest BCUT2D eigenvalue weighted by atomic mass is 10.2. The molecule has 3 rings (SSSR count). The number of rotatable bonds is 2. The van der Waals surface area contributed by atoms with Gasteiger partial charge < -0.3 is 24.0 Å². The lowest BCUT2D eigenvalue weighted by Crippen LogP contribution is -3.00. The minimum atomic E-state index is -4.40. The molecule has 116 valence electrons. The highest BCUT2D eigenvalue weighted by atomic mass is 127. The second-order valence-corrected chi connectivity index (χ2v) is 4.94. The fourth-order valence-corrected chi connectivity index (χ4v) is 2.65. The molecule has 0 atom stereocenters. The van der Waals surface area contributed by atoms with Crippen molar-refractivity contribution in [2.75, 3.05) is 0 Å². The maximum absolute atomic E-state index is 13.4. The third-order valence-corrected chi connectivity index (χ3v) is 3.54. The van der Waals surface area contributed by atoms with Crippen LogP contribution in [0.3, 0.4) is 0 Å². The van der Waals surface area contributed by atoms with Crippen LogP contribution in [-0.4, -0.2) is 4.57 Å². The number of aromatic nitrogens is 2. The van der Waals surface area contributed by atoms with E-state index < -0.39 is 12.0 Å². The zero-order valence-electron chi connectivity index (χ0n) is 11.8. The molecule has 0 saturated heterocycles. The fourth-order valence-electron chi connectivity index (χ4n) is 2.65. The predicted octanol–water partition coefficient (Wildman–Crippen LogP) is 0.537. The van der Waals surface area contributed by atoms with Crippen LogP contribution in [-0.2, 0) is 19.8 Å². The van der Waals surface area contributed by atoms with Crippen LogP contribution in [0.2, 0.25) is 0 Å². The Morgan fingerprint density at radius 3 is 2.18 bits per heavy atom. The smallest absolute Gasteiger partial charge is 0.495 e. The lowest BCUT2D eigenvalue weighted by molar-refractivity contribution is -0.667. The largest absolute Gasteiger partial charge is 1.00 e. The van der Waals surface area contributed by atoms with Gasteiger partial charge in [-0.1, -0.05) is 42.5 Å². The molecule has 0 N–H and O–H groups in total. The van der Waals surface area contributed by atoms with Crippen molar-refractivity contribution in [3.05, 3.63) is 66.0 Å². The molecule has 0 bridgehead atoms. The maximum Gasteiger partial charge on any atom is 0.495 e. The summed E-state index contributed by atoms with van der Waals surface area (Å²) >= 11 is 0. The van der Waals surface area contributed by atoms with Crippen LogP contribution in [0.15, 0.2) is 54.6 Å². The zero-order chi connectivity index (χ0) is 15.0. The van der Waals surface area contributed by atoms with Gasteiger partial charge in [0.1, 0.15) is 6.54 Å². The highest BCUT2D eigenvalue weighted by molar-refractivity contribution is 5.72. The average molecular weight is 418 g/mol. The summed E-state index contributed by atoms with van der Waals surface area (Å²) in [5, 5.41) is 0. The van der Waals surface area contributed by atoms with Crippen LogP contribution in [0.5, 0.6) is 0 Å². The van der Waals surface area contributed by atoms with E-state index in [1.807, 2.05) is 30.3 Å². The summed E-state index contributed by atoms with van der Waals surface area (Å²) in [6.45, 7) is 0.192. The third kappa shape index (κ3) is 2.97. The molecule has 0 spiro atoms. The predicted molar refractivity (Wildman–Crippen MR) is 73.7 cm³/mol. The van der Waals surface area contributed by atoms with Gasteiger partial charge in [-0.05, 0) is 17.7 Å². The topological polar surface area (TPSA) is 8.81 Å². The number of para-hydroxylation sites is 2. The van der Waals surface area contributed by atoms with Gasteiger partial charge in [0.05, 0.1) is 7.05 Å². The van der Waals surface area contributed by atoms with Crippen molar-refractivity contribution in [1.82, 2.24) is 4.57 Å². The SMILES string of the molecule is C[n+]1c(C(F)(F)F)n(Cc2ccccc2)c2ccccc21.[I-]. The molecule has 0 unspecified atom stereocenters. The van der Waals surface area contributed by atoms with Crippen molar-refractivity contribution in [2.24, 2.45) is 7.05 Å². The van der Waals surface area contributed by atoms with Gasteiger partial charge in [0, 0.05) is 0 Å². The number of halogens is 4. The van der Waals surface area contributed by atoms with Crippen LogP contribution >= 0.6 is 0 Å². The van der Waals surface area contributed by atoms with Gasteiger partial charge in [0.2, 0.25) is 0 Å². The minimum Gasteiger partial charge on any atom is -1.00 e. The van der Waals surface area contributed by atoms with Crippen molar-refractivity contribution in [2.45, 2.75) is 12.7 Å². The van der Waals surface area contributed by atoms with Gasteiger partial charge >= 0.3 is 12.0 Å². The van der Waals surface area contributed by atoms with E-state index in [4.69, 9.17) is 0 Å². The summed E-state index contributed by atoms with van der Waals surface area (Å²) in [4.78, 5) is 0. The normalized spacial score (nSPS) is 11.5. The molecule has 22 heavy (non-hydrogen) atoms. The van der Waals surface area contributed by atoms with Crippen LogP contribution < -0.4 is 28.5 Å². The Bertz CT molecular complexity index is 779. The maximum atomic E-state index is 13.4. The van der Waals surface area contributed by atoms with E-state index in [0.717, 1.165) is 5.56 Å². The molecular weight excluding hydrogens is 404 g/mol. The van der Waals surface area contributed by atoms with Gasteiger partial charge in [0.15, 0.2) is 11.0 Å². The number of aryl methyl sites for hydroxylation is 1. The first-order chi connectivity index (χ1) is 9.98. The molecule has 0 saturated carbocycles. The Morgan fingerprint density at radius 2 is 1.55 bits per heavy atom. The number of fused-ring (bicyclic) bond motifs is 1. The van der Waals surface area contributed by atoms with Gasteiger partial charge in [-0.2, -0.15) is 13.2 Å². The Labute approximate surface area is 143 Å². The summed E-state index contributed by atoms with van der Waals surface area (Å²) in [6, 6.07) is 16.1. The molecule has 0 radical (unpaired) electrons.